The molecule has 9 heavy (non-hydrogen) atoms. The third-order valence-electron chi connectivity index (χ3n) is 1.40. The zero-order chi connectivity index (χ0) is 7.33. The summed E-state index contributed by atoms with van der Waals surface area (Å²) in [5, 5.41) is 0. The quantitative estimate of drug-likeness (QED) is 0.428. The standard InChI is InChI=1S/C6H15IOSi/c1-4-5-6-9(3,7)8-2/h4-6H2,1-3H3. The van der Waals surface area contributed by atoms with Crippen molar-refractivity contribution in [3.05, 3.63) is 0 Å². The van der Waals surface area contributed by atoms with Gasteiger partial charge in [0.2, 0.25) is 0 Å². The van der Waals surface area contributed by atoms with E-state index in [4.69, 9.17) is 4.43 Å². The number of rotatable bonds is 4. The first-order valence-corrected chi connectivity index (χ1v) is 9.09. The molecule has 3 heteroatoms. The Bertz CT molecular complexity index is 75.5. The third-order valence-corrected chi connectivity index (χ3v) is 6.44. The lowest BCUT2D eigenvalue weighted by molar-refractivity contribution is 0.419. The highest BCUT2D eigenvalue weighted by Crippen LogP contribution is 2.21. The van der Waals surface area contributed by atoms with Gasteiger partial charge in [0, 0.05) is 7.11 Å². The summed E-state index contributed by atoms with van der Waals surface area (Å²) in [6.07, 6.45) is 2.61. The van der Waals surface area contributed by atoms with Gasteiger partial charge in [-0.05, 0) is 12.6 Å². The van der Waals surface area contributed by atoms with Gasteiger partial charge in [0.25, 0.3) is 5.81 Å². The first-order valence-electron chi connectivity index (χ1n) is 3.36. The van der Waals surface area contributed by atoms with Crippen LogP contribution in [0.4, 0.5) is 0 Å². The first-order chi connectivity index (χ1) is 4.12. The lowest BCUT2D eigenvalue weighted by Gasteiger charge is -2.16. The Balaban J connectivity index is 3.33. The molecule has 1 atom stereocenters. The van der Waals surface area contributed by atoms with Crippen molar-refractivity contribution in [2.75, 3.05) is 7.11 Å². The highest BCUT2D eigenvalue weighted by atomic mass is 127. The average molecular weight is 258 g/mol. The SMILES string of the molecule is CCCC[Si](C)(I)OC. The minimum Gasteiger partial charge on any atom is -0.410 e. The van der Waals surface area contributed by atoms with E-state index in [0.29, 0.717) is 0 Å². The van der Waals surface area contributed by atoms with E-state index in [-0.39, 0.29) is 0 Å². The number of unbranched alkanes of at least 4 members (excludes halogenated alkanes) is 1. The van der Waals surface area contributed by atoms with E-state index in [2.05, 4.69) is 35.3 Å². The van der Waals surface area contributed by atoms with Crippen molar-refractivity contribution in [2.45, 2.75) is 32.4 Å². The van der Waals surface area contributed by atoms with E-state index >= 15 is 0 Å². The fourth-order valence-corrected chi connectivity index (χ4v) is 2.93. The van der Waals surface area contributed by atoms with E-state index in [1.54, 1.807) is 0 Å². The van der Waals surface area contributed by atoms with Crippen LogP contribution in [0.2, 0.25) is 12.6 Å². The van der Waals surface area contributed by atoms with Crippen LogP contribution >= 0.6 is 21.8 Å². The summed E-state index contributed by atoms with van der Waals surface area (Å²) in [6, 6.07) is 1.29. The van der Waals surface area contributed by atoms with E-state index in [1.807, 2.05) is 7.11 Å². The molecule has 0 heterocycles. The van der Waals surface area contributed by atoms with Crippen LogP contribution in [0, 0.1) is 0 Å². The van der Waals surface area contributed by atoms with E-state index < -0.39 is 5.81 Å². The van der Waals surface area contributed by atoms with Gasteiger partial charge in [-0.1, -0.05) is 41.6 Å². The summed E-state index contributed by atoms with van der Waals surface area (Å²) in [6.45, 7) is 4.47. The van der Waals surface area contributed by atoms with Crippen LogP contribution < -0.4 is 0 Å². The van der Waals surface area contributed by atoms with Gasteiger partial charge in [-0.3, -0.25) is 0 Å². The Labute approximate surface area is 71.5 Å². The third kappa shape index (κ3) is 5.36. The topological polar surface area (TPSA) is 9.23 Å². The highest BCUT2D eigenvalue weighted by Gasteiger charge is 2.21. The molecule has 0 aliphatic rings. The maximum absolute atomic E-state index is 5.37. The Morgan fingerprint density at radius 3 is 2.44 bits per heavy atom. The van der Waals surface area contributed by atoms with Crippen molar-refractivity contribution >= 4 is 27.6 Å². The molecule has 1 nitrogen and oxygen atoms in total. The molecule has 0 bridgehead atoms. The van der Waals surface area contributed by atoms with Crippen LogP contribution in [-0.4, -0.2) is 12.9 Å². The van der Waals surface area contributed by atoms with Crippen LogP contribution in [0.15, 0.2) is 0 Å². The Morgan fingerprint density at radius 1 is 1.56 bits per heavy atom. The molecule has 0 saturated carbocycles. The lowest BCUT2D eigenvalue weighted by Crippen LogP contribution is -2.23. The van der Waals surface area contributed by atoms with Crippen LogP contribution in [0.25, 0.3) is 0 Å². The van der Waals surface area contributed by atoms with Crippen LogP contribution in [-0.2, 0) is 4.43 Å². The van der Waals surface area contributed by atoms with Crippen molar-refractivity contribution in [1.82, 2.24) is 0 Å². The van der Waals surface area contributed by atoms with E-state index in [9.17, 15) is 0 Å². The fraction of sp³-hybridized carbons (Fsp3) is 1.00. The molecule has 0 fully saturated rings. The monoisotopic (exact) mass is 258 g/mol. The lowest BCUT2D eigenvalue weighted by atomic mass is 10.4. The Morgan fingerprint density at radius 2 is 2.11 bits per heavy atom. The van der Waals surface area contributed by atoms with Crippen molar-refractivity contribution in [2.24, 2.45) is 0 Å². The average Bonchev–Trinajstić information content (AvgIpc) is 1.84. The summed E-state index contributed by atoms with van der Waals surface area (Å²) in [5.74, 6) is -1.23. The molecule has 0 aromatic carbocycles. The van der Waals surface area contributed by atoms with Gasteiger partial charge in [-0.2, -0.15) is 0 Å². The van der Waals surface area contributed by atoms with Gasteiger partial charge in [-0.15, -0.1) is 0 Å². The number of hydrogen-bond donors (Lipinski definition) is 0. The molecule has 1 unspecified atom stereocenters. The summed E-state index contributed by atoms with van der Waals surface area (Å²) < 4.78 is 5.37. The second kappa shape index (κ2) is 4.68. The molecule has 0 saturated heterocycles. The largest absolute Gasteiger partial charge is 0.410 e. The van der Waals surface area contributed by atoms with E-state index in [1.165, 1.54) is 18.9 Å². The maximum Gasteiger partial charge on any atom is 0.255 e. The number of halogens is 1. The molecule has 56 valence electrons. The van der Waals surface area contributed by atoms with Gasteiger partial charge in [0.15, 0.2) is 0 Å². The highest BCUT2D eigenvalue weighted by molar-refractivity contribution is 14.1. The molecule has 0 N–H and O–H groups in total. The maximum atomic E-state index is 5.37. The smallest absolute Gasteiger partial charge is 0.255 e. The molecule has 0 aliphatic heterocycles. The van der Waals surface area contributed by atoms with Crippen molar-refractivity contribution in [3.63, 3.8) is 0 Å². The van der Waals surface area contributed by atoms with Crippen molar-refractivity contribution in [1.29, 1.82) is 0 Å². The summed E-state index contributed by atoms with van der Waals surface area (Å²) in [7, 11) is 1.83. The van der Waals surface area contributed by atoms with Crippen LogP contribution in [0.3, 0.4) is 0 Å². The van der Waals surface area contributed by atoms with Gasteiger partial charge in [0.05, 0.1) is 0 Å². The second-order valence-electron chi connectivity index (χ2n) is 2.41. The van der Waals surface area contributed by atoms with Crippen molar-refractivity contribution in [3.8, 4) is 0 Å². The molecular weight excluding hydrogens is 243 g/mol. The summed E-state index contributed by atoms with van der Waals surface area (Å²) >= 11 is 2.48. The molecule has 0 radical (unpaired) electrons. The van der Waals surface area contributed by atoms with Gasteiger partial charge in [0.1, 0.15) is 0 Å². The molecule has 0 amide bonds. The first kappa shape index (κ1) is 9.91. The summed E-state index contributed by atoms with van der Waals surface area (Å²) in [5.41, 5.74) is 0. The van der Waals surface area contributed by atoms with Crippen LogP contribution in [0.1, 0.15) is 19.8 Å². The minimum atomic E-state index is -1.23. The molecular formula is C6H15IOSi. The van der Waals surface area contributed by atoms with Crippen LogP contribution in [0.5, 0.6) is 0 Å². The predicted octanol–water partition coefficient (Wildman–Crippen LogP) is 2.94. The van der Waals surface area contributed by atoms with Gasteiger partial charge >= 0.3 is 0 Å². The van der Waals surface area contributed by atoms with Gasteiger partial charge in [-0.25, -0.2) is 0 Å². The molecule has 0 spiro atoms. The zero-order valence-corrected chi connectivity index (χ0v) is 9.57. The Hall–Kier alpha value is 0.907. The normalized spacial score (nSPS) is 17.3. The molecule has 0 rings (SSSR count). The second-order valence-corrected chi connectivity index (χ2v) is 12.4. The van der Waals surface area contributed by atoms with Gasteiger partial charge < -0.3 is 4.43 Å². The molecule has 0 aliphatic carbocycles. The predicted molar refractivity (Wildman–Crippen MR) is 52.4 cm³/mol. The Kier molecular flexibility index (Phi) is 5.15. The molecule has 0 aromatic rings. The summed E-state index contributed by atoms with van der Waals surface area (Å²) in [4.78, 5) is 0. The number of hydrogen-bond acceptors (Lipinski definition) is 1. The van der Waals surface area contributed by atoms with Crippen molar-refractivity contribution < 1.29 is 4.43 Å². The zero-order valence-electron chi connectivity index (χ0n) is 6.41. The fourth-order valence-electron chi connectivity index (χ4n) is 0.595. The minimum absolute atomic E-state index is 1.23. The van der Waals surface area contributed by atoms with E-state index in [0.717, 1.165) is 0 Å². The molecule has 0 aromatic heterocycles.